The van der Waals surface area contributed by atoms with Crippen molar-refractivity contribution in [1.82, 2.24) is 15.2 Å². The normalized spacial score (nSPS) is 15.5. The molecule has 1 saturated heterocycles. The number of hydrogen-bond acceptors (Lipinski definition) is 4. The first-order valence-electron chi connectivity index (χ1n) is 10.9. The molecule has 10 heteroatoms. The fourth-order valence-electron chi connectivity index (χ4n) is 3.99. The van der Waals surface area contributed by atoms with E-state index in [0.717, 1.165) is 11.3 Å². The summed E-state index contributed by atoms with van der Waals surface area (Å²) >= 11 is 0. The number of aromatic nitrogens is 1. The number of fused-ring (bicyclic) bond motifs is 1. The van der Waals surface area contributed by atoms with E-state index in [4.69, 9.17) is 4.74 Å². The van der Waals surface area contributed by atoms with Gasteiger partial charge in [-0.2, -0.15) is 0 Å². The molecule has 0 saturated carbocycles. The summed E-state index contributed by atoms with van der Waals surface area (Å²) in [5, 5.41) is 3.55. The molecule has 0 aliphatic carbocycles. The lowest BCUT2D eigenvalue weighted by Crippen LogP contribution is -2.45. The lowest BCUT2D eigenvalue weighted by atomic mass is 9.96. The lowest BCUT2D eigenvalue weighted by molar-refractivity contribution is -0.274. The average molecular weight is 470 g/mol. The second-order valence-electron chi connectivity index (χ2n) is 9.27. The molecule has 1 aromatic heterocycles. The molecular weight excluding hydrogens is 439 g/mol. The Bertz CT molecular complexity index is 1000. The van der Waals surface area contributed by atoms with Crippen LogP contribution in [0, 0.1) is 12.8 Å². The third-order valence-electron chi connectivity index (χ3n) is 5.52. The number of hydrogen-bond donors (Lipinski definition) is 2. The van der Waals surface area contributed by atoms with Crippen LogP contribution in [0.15, 0.2) is 18.2 Å². The van der Waals surface area contributed by atoms with Crippen molar-refractivity contribution in [3.63, 3.8) is 0 Å². The Morgan fingerprint density at radius 3 is 2.45 bits per heavy atom. The smallest absolute Gasteiger partial charge is 0.444 e. The van der Waals surface area contributed by atoms with E-state index in [9.17, 15) is 22.8 Å². The number of ether oxygens (including phenoxy) is 2. The quantitative estimate of drug-likeness (QED) is 0.666. The molecule has 2 heterocycles. The highest BCUT2D eigenvalue weighted by Gasteiger charge is 2.32. The molecular formula is C23H30F3N3O4. The highest BCUT2D eigenvalue weighted by molar-refractivity contribution is 5.86. The number of amides is 2. The van der Waals surface area contributed by atoms with Crippen LogP contribution in [0.3, 0.4) is 0 Å². The second-order valence-corrected chi connectivity index (χ2v) is 9.27. The predicted molar refractivity (Wildman–Crippen MR) is 117 cm³/mol. The third kappa shape index (κ3) is 6.79. The molecule has 3 rings (SSSR count). The molecule has 2 N–H and O–H groups in total. The van der Waals surface area contributed by atoms with Gasteiger partial charge in [0, 0.05) is 42.1 Å². The summed E-state index contributed by atoms with van der Waals surface area (Å²) in [6.45, 7) is 8.53. The van der Waals surface area contributed by atoms with Crippen molar-refractivity contribution >= 4 is 22.9 Å². The Morgan fingerprint density at radius 2 is 1.85 bits per heavy atom. The van der Waals surface area contributed by atoms with Crippen molar-refractivity contribution in [3.8, 4) is 5.75 Å². The van der Waals surface area contributed by atoms with Gasteiger partial charge in [-0.05, 0) is 70.7 Å². The van der Waals surface area contributed by atoms with Crippen LogP contribution in [0.5, 0.6) is 5.75 Å². The van der Waals surface area contributed by atoms with E-state index in [2.05, 4.69) is 15.0 Å². The van der Waals surface area contributed by atoms with Gasteiger partial charge in [0.05, 0.1) is 0 Å². The van der Waals surface area contributed by atoms with E-state index in [0.29, 0.717) is 49.8 Å². The lowest BCUT2D eigenvalue weighted by Gasteiger charge is -2.32. The van der Waals surface area contributed by atoms with Gasteiger partial charge in [-0.15, -0.1) is 13.2 Å². The standard InChI is InChI=1S/C23H30F3N3O4/c1-14-17(18-13-16(32-23(24,25)26)5-6-19(18)28-14)7-10-27-20(30)15-8-11-29(12-9-15)21(31)33-22(2,3)4/h5-6,13,15,28H,7-12H2,1-4H3,(H,27,30). The first-order chi connectivity index (χ1) is 15.3. The molecule has 1 aliphatic heterocycles. The number of halogens is 3. The van der Waals surface area contributed by atoms with Crippen molar-refractivity contribution in [2.24, 2.45) is 5.92 Å². The van der Waals surface area contributed by atoms with Crippen molar-refractivity contribution in [3.05, 3.63) is 29.5 Å². The van der Waals surface area contributed by atoms with Crippen LogP contribution in [-0.2, 0) is 16.0 Å². The molecule has 0 unspecified atom stereocenters. The van der Waals surface area contributed by atoms with E-state index in [-0.39, 0.29) is 23.7 Å². The minimum absolute atomic E-state index is 0.0857. The van der Waals surface area contributed by atoms with Crippen LogP contribution in [-0.4, -0.2) is 53.5 Å². The Morgan fingerprint density at radius 1 is 1.18 bits per heavy atom. The van der Waals surface area contributed by atoms with Crippen LogP contribution in [0.4, 0.5) is 18.0 Å². The number of piperidine rings is 1. The van der Waals surface area contributed by atoms with E-state index in [1.54, 1.807) is 11.0 Å². The number of nitrogens with zero attached hydrogens (tertiary/aromatic N) is 1. The zero-order chi connectivity index (χ0) is 24.4. The van der Waals surface area contributed by atoms with E-state index >= 15 is 0 Å². The molecule has 2 amide bonds. The maximum atomic E-state index is 12.6. The zero-order valence-corrected chi connectivity index (χ0v) is 19.3. The number of H-pyrrole nitrogens is 1. The van der Waals surface area contributed by atoms with Gasteiger partial charge in [-0.25, -0.2) is 4.79 Å². The summed E-state index contributed by atoms with van der Waals surface area (Å²) in [7, 11) is 0. The highest BCUT2D eigenvalue weighted by Crippen LogP contribution is 2.30. The summed E-state index contributed by atoms with van der Waals surface area (Å²) in [5.41, 5.74) is 1.80. The van der Waals surface area contributed by atoms with Gasteiger partial charge in [0.15, 0.2) is 0 Å². The number of alkyl halides is 3. The number of carbonyl (C=O) groups is 2. The van der Waals surface area contributed by atoms with Crippen LogP contribution in [0.25, 0.3) is 10.9 Å². The van der Waals surface area contributed by atoms with E-state index < -0.39 is 12.0 Å². The van der Waals surface area contributed by atoms with Crippen molar-refractivity contribution in [1.29, 1.82) is 0 Å². The number of nitrogens with one attached hydrogen (secondary N) is 2. The summed E-state index contributed by atoms with van der Waals surface area (Å²) in [6.07, 6.45) is -3.56. The number of benzene rings is 1. The first-order valence-corrected chi connectivity index (χ1v) is 10.9. The van der Waals surface area contributed by atoms with E-state index in [1.165, 1.54) is 12.1 Å². The third-order valence-corrected chi connectivity index (χ3v) is 5.52. The maximum absolute atomic E-state index is 12.6. The van der Waals surface area contributed by atoms with Gasteiger partial charge < -0.3 is 24.7 Å². The monoisotopic (exact) mass is 469 g/mol. The Kier molecular flexibility index (Phi) is 7.14. The fraction of sp³-hybridized carbons (Fsp3) is 0.565. The number of rotatable bonds is 5. The molecule has 182 valence electrons. The van der Waals surface area contributed by atoms with Gasteiger partial charge in [0.25, 0.3) is 0 Å². The molecule has 0 atom stereocenters. The number of carbonyl (C=O) groups excluding carboxylic acids is 2. The largest absolute Gasteiger partial charge is 0.573 e. The topological polar surface area (TPSA) is 83.7 Å². The molecule has 0 bridgehead atoms. The molecule has 7 nitrogen and oxygen atoms in total. The Labute approximate surface area is 190 Å². The maximum Gasteiger partial charge on any atom is 0.573 e. The molecule has 1 fully saturated rings. The number of aromatic amines is 1. The van der Waals surface area contributed by atoms with Gasteiger partial charge >= 0.3 is 12.5 Å². The summed E-state index contributed by atoms with van der Waals surface area (Å²) in [6, 6.07) is 4.17. The van der Waals surface area contributed by atoms with Crippen LogP contribution >= 0.6 is 0 Å². The van der Waals surface area contributed by atoms with Crippen LogP contribution in [0.1, 0.15) is 44.9 Å². The van der Waals surface area contributed by atoms with Crippen molar-refractivity contribution < 1.29 is 32.2 Å². The predicted octanol–water partition coefficient (Wildman–Crippen LogP) is 4.68. The SMILES string of the molecule is Cc1[nH]c2ccc(OC(F)(F)F)cc2c1CCNC(=O)C1CCN(C(=O)OC(C)(C)C)CC1. The molecule has 0 radical (unpaired) electrons. The van der Waals surface area contributed by atoms with Gasteiger partial charge in [-0.3, -0.25) is 4.79 Å². The first kappa shape index (κ1) is 24.7. The molecule has 33 heavy (non-hydrogen) atoms. The summed E-state index contributed by atoms with van der Waals surface area (Å²) in [4.78, 5) is 29.5. The van der Waals surface area contributed by atoms with Gasteiger partial charge in [0.2, 0.25) is 5.91 Å². The molecule has 1 aliphatic rings. The van der Waals surface area contributed by atoms with Crippen LogP contribution in [0.2, 0.25) is 0 Å². The molecule has 0 spiro atoms. The highest BCUT2D eigenvalue weighted by atomic mass is 19.4. The summed E-state index contributed by atoms with van der Waals surface area (Å²) < 4.78 is 47.1. The Hall–Kier alpha value is -2.91. The minimum atomic E-state index is -4.76. The van der Waals surface area contributed by atoms with Crippen molar-refractivity contribution in [2.45, 2.75) is 58.9 Å². The average Bonchev–Trinajstić information content (AvgIpc) is 3.00. The summed E-state index contributed by atoms with van der Waals surface area (Å²) in [5.74, 6) is -0.562. The van der Waals surface area contributed by atoms with E-state index in [1.807, 2.05) is 27.7 Å². The zero-order valence-electron chi connectivity index (χ0n) is 19.3. The minimum Gasteiger partial charge on any atom is -0.444 e. The number of likely N-dealkylation sites (tertiary alicyclic amines) is 1. The second kappa shape index (κ2) is 9.52. The molecule has 1 aromatic carbocycles. The molecule has 2 aromatic rings. The van der Waals surface area contributed by atoms with Crippen molar-refractivity contribution in [2.75, 3.05) is 19.6 Å². The van der Waals surface area contributed by atoms with Gasteiger partial charge in [0.1, 0.15) is 11.4 Å². The number of aryl methyl sites for hydroxylation is 1. The Balaban J connectivity index is 1.53. The van der Waals surface area contributed by atoms with Crippen LogP contribution < -0.4 is 10.1 Å². The fourth-order valence-corrected chi connectivity index (χ4v) is 3.99. The van der Waals surface area contributed by atoms with Gasteiger partial charge in [-0.1, -0.05) is 0 Å².